The maximum Gasteiger partial charge on any atom is 0.403 e. The Kier molecular flexibility index (Phi) is 5.89. The van der Waals surface area contributed by atoms with E-state index < -0.39 is 36.6 Å². The molecule has 0 bridgehead atoms. The number of nitrogens with one attached hydrogen (secondary N) is 1. The van der Waals surface area contributed by atoms with Gasteiger partial charge in [0.25, 0.3) is 9.28 Å². The van der Waals surface area contributed by atoms with Gasteiger partial charge in [0.15, 0.2) is 0 Å². The van der Waals surface area contributed by atoms with Crippen molar-refractivity contribution in [3.8, 4) is 0 Å². The standard InChI is InChI=1S/C11H23NO4Si4/c1-17-13-18(2)15-20(4,16-19(3)14-17)12-10-11-8-6-5-7-9-11/h5-9,12,17-19H,10H2,1-4H3. The van der Waals surface area contributed by atoms with Crippen molar-refractivity contribution in [2.45, 2.75) is 32.7 Å². The average Bonchev–Trinajstić information content (AvgIpc) is 2.35. The summed E-state index contributed by atoms with van der Waals surface area (Å²) in [5, 5.41) is 0. The van der Waals surface area contributed by atoms with Crippen LogP contribution < -0.4 is 4.98 Å². The van der Waals surface area contributed by atoms with Crippen molar-refractivity contribution in [1.82, 2.24) is 4.98 Å². The van der Waals surface area contributed by atoms with Crippen LogP contribution in [0.5, 0.6) is 0 Å². The number of hydrogen-bond donors (Lipinski definition) is 1. The summed E-state index contributed by atoms with van der Waals surface area (Å²) < 4.78 is 24.1. The van der Waals surface area contributed by atoms with Crippen molar-refractivity contribution in [2.75, 3.05) is 0 Å². The second kappa shape index (κ2) is 7.24. The van der Waals surface area contributed by atoms with E-state index in [9.17, 15) is 0 Å². The zero-order valence-corrected chi connectivity index (χ0v) is 16.9. The minimum atomic E-state index is -2.41. The molecule has 0 aromatic heterocycles. The van der Waals surface area contributed by atoms with Gasteiger partial charge in [0, 0.05) is 6.54 Å². The Morgan fingerprint density at radius 2 is 1.50 bits per heavy atom. The molecule has 5 nitrogen and oxygen atoms in total. The van der Waals surface area contributed by atoms with E-state index in [-0.39, 0.29) is 0 Å². The SMILES string of the molecule is C[SiH]1O[SiH](C)O[Si](C)(NCc2ccccc2)O[SiH](C)O1. The van der Waals surface area contributed by atoms with Crippen LogP contribution in [0, 0.1) is 0 Å². The normalized spacial score (nSPS) is 35.3. The Labute approximate surface area is 127 Å². The Hall–Kier alpha value is -0.112. The molecule has 0 aliphatic carbocycles. The van der Waals surface area contributed by atoms with Gasteiger partial charge in [-0.3, -0.25) is 4.98 Å². The fourth-order valence-corrected chi connectivity index (χ4v) is 15.8. The van der Waals surface area contributed by atoms with Crippen LogP contribution in [-0.2, 0) is 23.0 Å². The third-order valence-corrected chi connectivity index (χ3v) is 16.2. The van der Waals surface area contributed by atoms with Gasteiger partial charge in [0.05, 0.1) is 0 Å². The summed E-state index contributed by atoms with van der Waals surface area (Å²) in [6.45, 7) is 8.93. The molecule has 20 heavy (non-hydrogen) atoms. The smallest absolute Gasteiger partial charge is 0.403 e. The first-order valence-corrected chi connectivity index (χ1v) is 15.5. The molecule has 0 amide bonds. The van der Waals surface area contributed by atoms with Crippen LogP contribution in [0.2, 0.25) is 26.2 Å². The molecule has 1 aliphatic rings. The zero-order chi connectivity index (χ0) is 14.6. The molecule has 1 fully saturated rings. The Morgan fingerprint density at radius 1 is 0.950 bits per heavy atom. The number of rotatable bonds is 3. The largest absolute Gasteiger partial charge is 0.420 e. The lowest BCUT2D eigenvalue weighted by Gasteiger charge is -2.37. The van der Waals surface area contributed by atoms with Gasteiger partial charge in [-0.05, 0) is 31.8 Å². The summed E-state index contributed by atoms with van der Waals surface area (Å²) in [4.78, 5) is 3.48. The van der Waals surface area contributed by atoms with E-state index >= 15 is 0 Å². The summed E-state index contributed by atoms with van der Waals surface area (Å²) in [7, 11) is -7.31. The van der Waals surface area contributed by atoms with Crippen LogP contribution in [0.25, 0.3) is 0 Å². The van der Waals surface area contributed by atoms with Gasteiger partial charge < -0.3 is 16.5 Å². The van der Waals surface area contributed by atoms with Crippen LogP contribution >= 0.6 is 0 Å². The predicted molar refractivity (Wildman–Crippen MR) is 88.3 cm³/mol. The molecule has 112 valence electrons. The minimum absolute atomic E-state index is 0.749. The molecule has 1 saturated heterocycles. The highest BCUT2D eigenvalue weighted by molar-refractivity contribution is 6.79. The second-order valence-corrected chi connectivity index (χ2v) is 14.7. The van der Waals surface area contributed by atoms with E-state index in [4.69, 9.17) is 16.5 Å². The van der Waals surface area contributed by atoms with Crippen molar-refractivity contribution in [3.05, 3.63) is 35.9 Å². The molecule has 1 aliphatic heterocycles. The summed E-state index contributed by atoms with van der Waals surface area (Å²) >= 11 is 0. The topological polar surface area (TPSA) is 49.0 Å². The number of benzene rings is 1. The lowest BCUT2D eigenvalue weighted by molar-refractivity contribution is 0.265. The molecule has 0 radical (unpaired) electrons. The Bertz CT molecular complexity index is 410. The van der Waals surface area contributed by atoms with E-state index in [0.717, 1.165) is 6.54 Å². The Balaban J connectivity index is 1.99. The first-order chi connectivity index (χ1) is 9.47. The maximum absolute atomic E-state index is 6.15. The van der Waals surface area contributed by atoms with Gasteiger partial charge in [0.2, 0.25) is 0 Å². The van der Waals surface area contributed by atoms with Crippen LogP contribution in [0.1, 0.15) is 5.56 Å². The van der Waals surface area contributed by atoms with Gasteiger partial charge in [0.1, 0.15) is 0 Å². The molecule has 2 unspecified atom stereocenters. The molecule has 0 spiro atoms. The highest BCUT2D eigenvalue weighted by Gasteiger charge is 2.39. The third kappa shape index (κ3) is 5.02. The summed E-state index contributed by atoms with van der Waals surface area (Å²) in [6, 6.07) is 10.3. The predicted octanol–water partition coefficient (Wildman–Crippen LogP) is 0.976. The van der Waals surface area contributed by atoms with E-state index in [1.165, 1.54) is 5.56 Å². The molecule has 1 aromatic rings. The summed E-state index contributed by atoms with van der Waals surface area (Å²) in [6.07, 6.45) is 0. The first kappa shape index (κ1) is 16.3. The van der Waals surface area contributed by atoms with Gasteiger partial charge >= 0.3 is 27.3 Å². The second-order valence-electron chi connectivity index (χ2n) is 5.00. The van der Waals surface area contributed by atoms with Crippen molar-refractivity contribution < 1.29 is 16.5 Å². The van der Waals surface area contributed by atoms with E-state index in [0.29, 0.717) is 0 Å². The third-order valence-electron chi connectivity index (χ3n) is 3.00. The van der Waals surface area contributed by atoms with Crippen molar-refractivity contribution >= 4 is 36.6 Å². The molecular weight excluding hydrogens is 322 g/mol. The molecule has 0 saturated carbocycles. The van der Waals surface area contributed by atoms with Gasteiger partial charge in [-0.15, -0.1) is 0 Å². The summed E-state index contributed by atoms with van der Waals surface area (Å²) in [5.74, 6) is 0. The first-order valence-electron chi connectivity index (χ1n) is 6.92. The summed E-state index contributed by atoms with van der Waals surface area (Å²) in [5.41, 5.74) is 1.23. The van der Waals surface area contributed by atoms with E-state index in [2.05, 4.69) is 17.1 Å². The van der Waals surface area contributed by atoms with E-state index in [1.807, 2.05) is 44.4 Å². The van der Waals surface area contributed by atoms with Crippen molar-refractivity contribution in [2.24, 2.45) is 0 Å². The van der Waals surface area contributed by atoms with Crippen LogP contribution in [-0.4, -0.2) is 36.6 Å². The molecule has 9 heteroatoms. The number of hydrogen-bond acceptors (Lipinski definition) is 5. The van der Waals surface area contributed by atoms with Gasteiger partial charge in [-0.25, -0.2) is 0 Å². The quantitative estimate of drug-likeness (QED) is 0.828. The van der Waals surface area contributed by atoms with Crippen LogP contribution in [0.15, 0.2) is 30.3 Å². The minimum Gasteiger partial charge on any atom is -0.420 e. The zero-order valence-electron chi connectivity index (χ0n) is 12.5. The molecular formula is C11H23NO4Si4. The molecule has 1 heterocycles. The Morgan fingerprint density at radius 3 is 2.05 bits per heavy atom. The molecule has 2 atom stereocenters. The fraction of sp³-hybridized carbons (Fsp3) is 0.455. The average molecular weight is 346 g/mol. The van der Waals surface area contributed by atoms with Crippen molar-refractivity contribution in [3.63, 3.8) is 0 Å². The lowest BCUT2D eigenvalue weighted by Crippen LogP contribution is -2.61. The van der Waals surface area contributed by atoms with Crippen LogP contribution in [0.4, 0.5) is 0 Å². The molecule has 2 rings (SSSR count). The monoisotopic (exact) mass is 345 g/mol. The van der Waals surface area contributed by atoms with Gasteiger partial charge in [-0.1, -0.05) is 30.3 Å². The van der Waals surface area contributed by atoms with Crippen LogP contribution in [0.3, 0.4) is 0 Å². The lowest BCUT2D eigenvalue weighted by atomic mass is 10.2. The fourth-order valence-electron chi connectivity index (χ4n) is 2.23. The van der Waals surface area contributed by atoms with Gasteiger partial charge in [-0.2, -0.15) is 0 Å². The maximum atomic E-state index is 6.15. The highest BCUT2D eigenvalue weighted by atomic mass is 28.5. The highest BCUT2D eigenvalue weighted by Crippen LogP contribution is 2.14. The van der Waals surface area contributed by atoms with E-state index in [1.54, 1.807) is 0 Å². The van der Waals surface area contributed by atoms with Crippen molar-refractivity contribution in [1.29, 1.82) is 0 Å². The molecule has 1 N–H and O–H groups in total. The molecule has 1 aromatic carbocycles.